The predicted molar refractivity (Wildman–Crippen MR) is 106 cm³/mol. The van der Waals surface area contributed by atoms with Crippen molar-refractivity contribution in [1.29, 1.82) is 0 Å². The molecule has 4 unspecified atom stereocenters. The van der Waals surface area contributed by atoms with E-state index in [0.29, 0.717) is 24.4 Å². The fraction of sp³-hybridized carbons (Fsp3) is 0.583. The summed E-state index contributed by atoms with van der Waals surface area (Å²) in [5.41, 5.74) is 4.35. The number of fused-ring (bicyclic) bond motifs is 5. The van der Waals surface area contributed by atoms with E-state index in [4.69, 9.17) is 4.74 Å². The van der Waals surface area contributed by atoms with Crippen LogP contribution in [0.3, 0.4) is 0 Å². The third-order valence-electron chi connectivity index (χ3n) is 7.73. The normalized spacial score (nSPS) is 41.4. The highest BCUT2D eigenvalue weighted by atomic mass is 16.5. The van der Waals surface area contributed by atoms with Gasteiger partial charge in [0.1, 0.15) is 6.61 Å². The number of carbonyl (C=O) groups excluding carboxylic acids is 2. The van der Waals surface area contributed by atoms with Crippen molar-refractivity contribution in [1.82, 2.24) is 0 Å². The fourth-order valence-corrected chi connectivity index (χ4v) is 6.40. The number of ether oxygens (including phenoxy) is 1. The molecule has 0 aromatic rings. The minimum Gasteiger partial charge on any atom is -0.462 e. The standard InChI is InChI=1S/C24H30O3/c1-15-13-22-19-6-5-17-14-18(26)7-10-23(17,3)21(19)8-11-24(22,4)20(15)9-12-27-16(2)25/h7-10,14-15,19,22H,5-6,11-13H2,1-4H3/b20-9+/t15-,19?,22?,23?,24?/m1/s1. The Kier molecular flexibility index (Phi) is 4.32. The van der Waals surface area contributed by atoms with Crippen LogP contribution < -0.4 is 0 Å². The maximum absolute atomic E-state index is 11.9. The monoisotopic (exact) mass is 366 g/mol. The Morgan fingerprint density at radius 2 is 2.15 bits per heavy atom. The molecule has 0 aliphatic heterocycles. The molecule has 0 aromatic heterocycles. The number of carbonyl (C=O) groups is 2. The molecule has 0 radical (unpaired) electrons. The van der Waals surface area contributed by atoms with Crippen LogP contribution in [0.2, 0.25) is 0 Å². The minimum absolute atomic E-state index is 0.0778. The summed E-state index contributed by atoms with van der Waals surface area (Å²) in [7, 11) is 0. The van der Waals surface area contributed by atoms with Crippen molar-refractivity contribution in [3.63, 3.8) is 0 Å². The summed E-state index contributed by atoms with van der Waals surface area (Å²) in [4.78, 5) is 23.0. The predicted octanol–water partition coefficient (Wildman–Crippen LogP) is 4.95. The molecule has 0 N–H and O–H groups in total. The highest BCUT2D eigenvalue weighted by molar-refractivity contribution is 6.01. The Labute approximate surface area is 162 Å². The number of allylic oxidation sites excluding steroid dienone is 7. The van der Waals surface area contributed by atoms with E-state index in [-0.39, 0.29) is 22.6 Å². The molecule has 2 fully saturated rings. The highest BCUT2D eigenvalue weighted by Crippen LogP contribution is 2.64. The lowest BCUT2D eigenvalue weighted by atomic mass is 9.53. The quantitative estimate of drug-likeness (QED) is 0.513. The zero-order chi connectivity index (χ0) is 19.4. The van der Waals surface area contributed by atoms with Gasteiger partial charge in [0.05, 0.1) is 0 Å². The van der Waals surface area contributed by atoms with Gasteiger partial charge in [-0.25, -0.2) is 0 Å². The number of hydrogen-bond donors (Lipinski definition) is 0. The SMILES string of the molecule is CC(=O)OC/C=C1\[C@H](C)CC2C3CCC4=CC(=O)C=CC4(C)C3=CCC12C. The second kappa shape index (κ2) is 6.32. The van der Waals surface area contributed by atoms with Gasteiger partial charge < -0.3 is 4.74 Å². The smallest absolute Gasteiger partial charge is 0.302 e. The third-order valence-corrected chi connectivity index (χ3v) is 7.73. The largest absolute Gasteiger partial charge is 0.462 e. The van der Waals surface area contributed by atoms with E-state index >= 15 is 0 Å². The number of esters is 1. The van der Waals surface area contributed by atoms with Crippen LogP contribution in [-0.4, -0.2) is 18.4 Å². The van der Waals surface area contributed by atoms with E-state index in [9.17, 15) is 9.59 Å². The second-order valence-corrected chi connectivity index (χ2v) is 9.24. The van der Waals surface area contributed by atoms with Crippen molar-refractivity contribution in [2.24, 2.45) is 28.6 Å². The summed E-state index contributed by atoms with van der Waals surface area (Å²) in [5, 5.41) is 0. The number of rotatable bonds is 2. The van der Waals surface area contributed by atoms with Crippen LogP contribution in [0.25, 0.3) is 0 Å². The van der Waals surface area contributed by atoms with Crippen LogP contribution in [0.1, 0.15) is 53.4 Å². The molecule has 27 heavy (non-hydrogen) atoms. The van der Waals surface area contributed by atoms with Crippen LogP contribution in [-0.2, 0) is 14.3 Å². The van der Waals surface area contributed by atoms with Gasteiger partial charge in [0.15, 0.2) is 5.78 Å². The van der Waals surface area contributed by atoms with Crippen LogP contribution in [0.4, 0.5) is 0 Å². The van der Waals surface area contributed by atoms with E-state index in [0.717, 1.165) is 19.3 Å². The first kappa shape index (κ1) is 18.5. The van der Waals surface area contributed by atoms with Crippen molar-refractivity contribution < 1.29 is 14.3 Å². The van der Waals surface area contributed by atoms with Crippen LogP contribution in [0.5, 0.6) is 0 Å². The van der Waals surface area contributed by atoms with E-state index in [2.05, 4.69) is 39.0 Å². The van der Waals surface area contributed by atoms with Gasteiger partial charge in [-0.1, -0.05) is 42.7 Å². The molecule has 0 saturated heterocycles. The Bertz CT molecular complexity index is 811. The number of hydrogen-bond acceptors (Lipinski definition) is 3. The first-order chi connectivity index (χ1) is 12.8. The molecule has 144 valence electrons. The van der Waals surface area contributed by atoms with Crippen molar-refractivity contribution >= 4 is 11.8 Å². The number of ketones is 1. The van der Waals surface area contributed by atoms with Crippen molar-refractivity contribution in [3.05, 3.63) is 47.1 Å². The first-order valence-corrected chi connectivity index (χ1v) is 10.2. The van der Waals surface area contributed by atoms with Gasteiger partial charge in [0.25, 0.3) is 0 Å². The Morgan fingerprint density at radius 3 is 2.89 bits per heavy atom. The Balaban J connectivity index is 1.68. The molecule has 0 amide bonds. The molecule has 0 aromatic carbocycles. The highest BCUT2D eigenvalue weighted by Gasteiger charge is 2.55. The van der Waals surface area contributed by atoms with Gasteiger partial charge in [-0.3, -0.25) is 9.59 Å². The van der Waals surface area contributed by atoms with Crippen LogP contribution >= 0.6 is 0 Å². The van der Waals surface area contributed by atoms with Crippen molar-refractivity contribution in [3.8, 4) is 0 Å². The van der Waals surface area contributed by atoms with E-state index in [1.165, 1.54) is 30.1 Å². The molecular weight excluding hydrogens is 336 g/mol. The lowest BCUT2D eigenvalue weighted by molar-refractivity contribution is -0.139. The Hall–Kier alpha value is -1.90. The topological polar surface area (TPSA) is 43.4 Å². The molecule has 5 atom stereocenters. The van der Waals surface area contributed by atoms with E-state index < -0.39 is 0 Å². The molecule has 4 aliphatic rings. The zero-order valence-corrected chi connectivity index (χ0v) is 16.9. The van der Waals surface area contributed by atoms with Crippen LogP contribution in [0, 0.1) is 28.6 Å². The van der Waals surface area contributed by atoms with Gasteiger partial charge >= 0.3 is 5.97 Å². The second-order valence-electron chi connectivity index (χ2n) is 9.24. The molecule has 3 nitrogen and oxygen atoms in total. The molecule has 4 rings (SSSR count). The molecule has 2 saturated carbocycles. The van der Waals surface area contributed by atoms with Crippen molar-refractivity contribution in [2.75, 3.05) is 6.61 Å². The molecule has 0 spiro atoms. The summed E-state index contributed by atoms with van der Waals surface area (Å²) in [6.45, 7) is 8.86. The summed E-state index contributed by atoms with van der Waals surface area (Å²) < 4.78 is 5.20. The lowest BCUT2D eigenvalue weighted by Gasteiger charge is -2.51. The lowest BCUT2D eigenvalue weighted by Crippen LogP contribution is -2.42. The van der Waals surface area contributed by atoms with Gasteiger partial charge in [-0.05, 0) is 74.0 Å². The van der Waals surface area contributed by atoms with Gasteiger partial charge in [-0.15, -0.1) is 0 Å². The summed E-state index contributed by atoms with van der Waals surface area (Å²) >= 11 is 0. The maximum atomic E-state index is 11.9. The average Bonchev–Trinajstić information content (AvgIpc) is 2.86. The molecule has 0 heterocycles. The Morgan fingerprint density at radius 1 is 1.37 bits per heavy atom. The van der Waals surface area contributed by atoms with E-state index in [1.807, 2.05) is 6.08 Å². The van der Waals surface area contributed by atoms with Gasteiger partial charge in [0.2, 0.25) is 0 Å². The molecule has 4 aliphatic carbocycles. The van der Waals surface area contributed by atoms with E-state index in [1.54, 1.807) is 6.08 Å². The maximum Gasteiger partial charge on any atom is 0.302 e. The van der Waals surface area contributed by atoms with Crippen LogP contribution in [0.15, 0.2) is 47.1 Å². The first-order valence-electron chi connectivity index (χ1n) is 10.2. The third kappa shape index (κ3) is 2.78. The zero-order valence-electron chi connectivity index (χ0n) is 16.9. The summed E-state index contributed by atoms with van der Waals surface area (Å²) in [6, 6.07) is 0. The molecule has 0 bridgehead atoms. The van der Waals surface area contributed by atoms with Gasteiger partial charge in [0, 0.05) is 12.3 Å². The minimum atomic E-state index is -0.219. The van der Waals surface area contributed by atoms with Crippen molar-refractivity contribution in [2.45, 2.75) is 53.4 Å². The molecule has 3 heteroatoms. The van der Waals surface area contributed by atoms with Gasteiger partial charge in [-0.2, -0.15) is 0 Å². The molecular formula is C24H30O3. The average molecular weight is 367 g/mol. The summed E-state index contributed by atoms with van der Waals surface area (Å²) in [6.07, 6.45) is 14.8. The summed E-state index contributed by atoms with van der Waals surface area (Å²) in [5.74, 6) is 1.64. The fourth-order valence-electron chi connectivity index (χ4n) is 6.40.